The van der Waals surface area contributed by atoms with Crippen LogP contribution in [0.25, 0.3) is 0 Å². The van der Waals surface area contributed by atoms with Crippen LogP contribution in [0.15, 0.2) is 29.1 Å². The number of benzene rings is 1. The van der Waals surface area contributed by atoms with E-state index in [1.807, 2.05) is 0 Å². The largest absolute Gasteiger partial charge is 0.439 e. The highest BCUT2D eigenvalue weighted by Gasteiger charge is 2.04. The molecule has 0 aliphatic carbocycles. The van der Waals surface area contributed by atoms with Crippen LogP contribution >= 0.6 is 0 Å². The number of rotatable bonds is 2. The lowest BCUT2D eigenvalue weighted by Gasteiger charge is -2.05. The third-order valence-electron chi connectivity index (χ3n) is 2.20. The molecule has 0 unspecified atom stereocenters. The second-order valence-electron chi connectivity index (χ2n) is 3.68. The first-order chi connectivity index (χ1) is 8.04. The third kappa shape index (κ3) is 2.69. The lowest BCUT2D eigenvalue weighted by atomic mass is 10.2. The minimum atomic E-state index is -0.357. The molecule has 0 fully saturated rings. The van der Waals surface area contributed by atoms with Crippen molar-refractivity contribution in [1.29, 1.82) is 0 Å². The van der Waals surface area contributed by atoms with Crippen molar-refractivity contribution in [3.63, 3.8) is 0 Å². The van der Waals surface area contributed by atoms with Crippen LogP contribution in [0, 0.1) is 19.7 Å². The van der Waals surface area contributed by atoms with Crippen LogP contribution in [0.3, 0.4) is 0 Å². The molecule has 17 heavy (non-hydrogen) atoms. The Morgan fingerprint density at radius 1 is 1.29 bits per heavy atom. The van der Waals surface area contributed by atoms with Gasteiger partial charge in [0.25, 0.3) is 5.56 Å². The number of H-pyrrole nitrogens is 1. The molecule has 2 aromatic rings. The van der Waals surface area contributed by atoms with E-state index in [1.54, 1.807) is 26.0 Å². The monoisotopic (exact) mass is 234 g/mol. The summed E-state index contributed by atoms with van der Waals surface area (Å²) in [5.74, 6) is 0.546. The van der Waals surface area contributed by atoms with Crippen molar-refractivity contribution in [3.8, 4) is 11.6 Å². The van der Waals surface area contributed by atoms with Crippen molar-refractivity contribution < 1.29 is 9.13 Å². The average molecular weight is 234 g/mol. The summed E-state index contributed by atoms with van der Waals surface area (Å²) in [5, 5.41) is 0. The molecular weight excluding hydrogens is 223 g/mol. The van der Waals surface area contributed by atoms with Crippen molar-refractivity contribution in [1.82, 2.24) is 9.97 Å². The van der Waals surface area contributed by atoms with E-state index in [4.69, 9.17) is 4.74 Å². The van der Waals surface area contributed by atoms with E-state index >= 15 is 0 Å². The number of ether oxygens (including phenoxy) is 1. The molecule has 0 bridgehead atoms. The number of nitrogens with zero attached hydrogens (tertiary/aromatic N) is 1. The molecule has 0 atom stereocenters. The molecule has 0 saturated heterocycles. The number of nitrogens with one attached hydrogen (secondary N) is 1. The Bertz CT molecular complexity index is 608. The highest BCUT2D eigenvalue weighted by atomic mass is 19.1. The first-order valence-corrected chi connectivity index (χ1v) is 5.06. The highest BCUT2D eigenvalue weighted by molar-refractivity contribution is 5.30. The smallest absolute Gasteiger partial charge is 0.254 e. The van der Waals surface area contributed by atoms with Crippen molar-refractivity contribution >= 4 is 0 Å². The molecular formula is C12H11FN2O2. The average Bonchev–Trinajstić information content (AvgIpc) is 2.22. The molecule has 0 aliphatic heterocycles. The predicted octanol–water partition coefficient (Wildman–Crippen LogP) is 2.32. The van der Waals surface area contributed by atoms with Crippen LogP contribution in [0.1, 0.15) is 11.4 Å². The number of halogens is 1. The van der Waals surface area contributed by atoms with Gasteiger partial charge in [-0.2, -0.15) is 0 Å². The zero-order chi connectivity index (χ0) is 12.4. The van der Waals surface area contributed by atoms with Crippen molar-refractivity contribution in [3.05, 3.63) is 51.8 Å². The number of hydrogen-bond acceptors (Lipinski definition) is 3. The van der Waals surface area contributed by atoms with Crippen LogP contribution in [0.5, 0.6) is 11.6 Å². The van der Waals surface area contributed by atoms with Crippen molar-refractivity contribution in [2.75, 3.05) is 0 Å². The summed E-state index contributed by atoms with van der Waals surface area (Å²) in [5.41, 5.74) is 0.229. The van der Waals surface area contributed by atoms with Crippen LogP contribution in [0.4, 0.5) is 4.39 Å². The summed E-state index contributed by atoms with van der Waals surface area (Å²) < 4.78 is 18.6. The molecule has 2 rings (SSSR count). The Kier molecular flexibility index (Phi) is 2.91. The Hall–Kier alpha value is -2.17. The molecule has 5 heteroatoms. The molecule has 0 spiro atoms. The van der Waals surface area contributed by atoms with E-state index in [0.29, 0.717) is 17.1 Å². The quantitative estimate of drug-likeness (QED) is 0.867. The zero-order valence-electron chi connectivity index (χ0n) is 9.45. The molecule has 88 valence electrons. The van der Waals surface area contributed by atoms with Crippen molar-refractivity contribution in [2.24, 2.45) is 0 Å². The fraction of sp³-hybridized carbons (Fsp3) is 0.167. The Labute approximate surface area is 97.1 Å². The minimum Gasteiger partial charge on any atom is -0.439 e. The Morgan fingerprint density at radius 3 is 2.71 bits per heavy atom. The molecule has 0 amide bonds. The zero-order valence-corrected chi connectivity index (χ0v) is 9.45. The van der Waals surface area contributed by atoms with Crippen LogP contribution in [-0.2, 0) is 0 Å². The molecule has 4 nitrogen and oxygen atoms in total. The standard InChI is InChI=1S/C12H11FN2O2/c1-7-3-4-9(5-10(7)13)17-12-6-11(16)14-8(2)15-12/h3-6H,1-2H3,(H,14,15,16). The highest BCUT2D eigenvalue weighted by Crippen LogP contribution is 2.20. The molecule has 1 aromatic heterocycles. The van der Waals surface area contributed by atoms with Gasteiger partial charge in [-0.3, -0.25) is 4.79 Å². The van der Waals surface area contributed by atoms with Gasteiger partial charge in [0.05, 0.1) is 6.07 Å². The van der Waals surface area contributed by atoms with Gasteiger partial charge in [-0.15, -0.1) is 0 Å². The van der Waals surface area contributed by atoms with E-state index in [0.717, 1.165) is 0 Å². The van der Waals surface area contributed by atoms with Crippen LogP contribution in [-0.4, -0.2) is 9.97 Å². The van der Waals surface area contributed by atoms with E-state index in [1.165, 1.54) is 12.1 Å². The predicted molar refractivity (Wildman–Crippen MR) is 60.8 cm³/mol. The number of aryl methyl sites for hydroxylation is 2. The molecule has 1 heterocycles. The van der Waals surface area contributed by atoms with Gasteiger partial charge in [-0.05, 0) is 25.5 Å². The lowest BCUT2D eigenvalue weighted by Crippen LogP contribution is -2.08. The van der Waals surface area contributed by atoms with E-state index in [9.17, 15) is 9.18 Å². The SMILES string of the molecule is Cc1nc(Oc2ccc(C)c(F)c2)cc(=O)[nH]1. The summed E-state index contributed by atoms with van der Waals surface area (Å²) in [6, 6.07) is 5.69. The molecule has 0 radical (unpaired) electrons. The van der Waals surface area contributed by atoms with Crippen molar-refractivity contribution in [2.45, 2.75) is 13.8 Å². The van der Waals surface area contributed by atoms with E-state index in [-0.39, 0.29) is 17.3 Å². The van der Waals surface area contributed by atoms with Crippen LogP contribution in [0.2, 0.25) is 0 Å². The van der Waals surface area contributed by atoms with Gasteiger partial charge in [0.15, 0.2) is 0 Å². The second-order valence-corrected chi connectivity index (χ2v) is 3.68. The van der Waals surface area contributed by atoms with Gasteiger partial charge in [0.1, 0.15) is 17.4 Å². The maximum atomic E-state index is 13.3. The summed E-state index contributed by atoms with van der Waals surface area (Å²) >= 11 is 0. The summed E-state index contributed by atoms with van der Waals surface area (Å²) in [6.45, 7) is 3.30. The Morgan fingerprint density at radius 2 is 2.06 bits per heavy atom. The molecule has 1 aromatic carbocycles. The van der Waals surface area contributed by atoms with Crippen LogP contribution < -0.4 is 10.3 Å². The lowest BCUT2D eigenvalue weighted by molar-refractivity contribution is 0.453. The number of aromatic nitrogens is 2. The molecule has 0 saturated carbocycles. The second kappa shape index (κ2) is 4.37. The van der Waals surface area contributed by atoms with Gasteiger partial charge in [0, 0.05) is 6.07 Å². The van der Waals surface area contributed by atoms with Gasteiger partial charge in [-0.1, -0.05) is 6.07 Å². The maximum Gasteiger partial charge on any atom is 0.254 e. The molecule has 0 aliphatic rings. The summed E-state index contributed by atoms with van der Waals surface area (Å²) in [4.78, 5) is 17.6. The van der Waals surface area contributed by atoms with Gasteiger partial charge in [0.2, 0.25) is 5.88 Å². The number of hydrogen-bond donors (Lipinski definition) is 1. The van der Waals surface area contributed by atoms with E-state index < -0.39 is 0 Å². The van der Waals surface area contributed by atoms with Gasteiger partial charge < -0.3 is 9.72 Å². The van der Waals surface area contributed by atoms with Gasteiger partial charge >= 0.3 is 0 Å². The normalized spacial score (nSPS) is 10.3. The third-order valence-corrected chi connectivity index (χ3v) is 2.20. The minimum absolute atomic E-state index is 0.148. The summed E-state index contributed by atoms with van der Waals surface area (Å²) in [7, 11) is 0. The topological polar surface area (TPSA) is 55.0 Å². The fourth-order valence-corrected chi connectivity index (χ4v) is 1.36. The molecule has 1 N–H and O–H groups in total. The number of aromatic amines is 1. The first kappa shape index (κ1) is 11.3. The fourth-order valence-electron chi connectivity index (χ4n) is 1.36. The summed E-state index contributed by atoms with van der Waals surface area (Å²) in [6.07, 6.45) is 0. The maximum absolute atomic E-state index is 13.3. The first-order valence-electron chi connectivity index (χ1n) is 5.06. The Balaban J connectivity index is 2.31. The van der Waals surface area contributed by atoms with Gasteiger partial charge in [-0.25, -0.2) is 9.37 Å². The van der Waals surface area contributed by atoms with E-state index in [2.05, 4.69) is 9.97 Å².